The summed E-state index contributed by atoms with van der Waals surface area (Å²) >= 11 is 0. The van der Waals surface area contributed by atoms with Gasteiger partial charge in [-0.2, -0.15) is 10.4 Å². The second-order valence-electron chi connectivity index (χ2n) is 2.61. The van der Waals surface area contributed by atoms with E-state index in [1.807, 2.05) is 0 Å². The molecule has 1 atom stereocenters. The molecule has 1 unspecified atom stereocenters. The number of rotatable bonds is 2. The molecule has 0 aromatic heterocycles. The van der Waals surface area contributed by atoms with Crippen LogP contribution in [0.15, 0.2) is 0 Å². The maximum Gasteiger partial charge on any atom is 0.507 e. The first-order valence-electron chi connectivity index (χ1n) is 2.61. The predicted octanol–water partition coefficient (Wildman–Crippen LogP) is 0.365. The summed E-state index contributed by atoms with van der Waals surface area (Å²) in [6.45, 7) is 5.40. The quantitative estimate of drug-likeness (QED) is 0.461. The SMILES string of the molecule is CC(C)(C)O[PH+]([O])O[NH3+]. The summed E-state index contributed by atoms with van der Waals surface area (Å²) in [6.07, 6.45) is 0. The topological polar surface area (TPSA) is 66.0 Å². The van der Waals surface area contributed by atoms with Gasteiger partial charge in [0.15, 0.2) is 0 Å². The zero-order valence-electron chi connectivity index (χ0n) is 5.93. The van der Waals surface area contributed by atoms with Crippen molar-refractivity contribution < 1.29 is 19.9 Å². The van der Waals surface area contributed by atoms with Gasteiger partial charge in [0.1, 0.15) is 5.60 Å². The fourth-order valence-electron chi connectivity index (χ4n) is 0.279. The van der Waals surface area contributed by atoms with E-state index in [-0.39, 0.29) is 0 Å². The molecule has 0 aliphatic rings. The van der Waals surface area contributed by atoms with Crippen LogP contribution in [0.1, 0.15) is 20.8 Å². The first-order valence-corrected chi connectivity index (χ1v) is 3.83. The fourth-order valence-corrected chi connectivity index (χ4v) is 0.838. The van der Waals surface area contributed by atoms with E-state index in [0.29, 0.717) is 0 Å². The van der Waals surface area contributed by atoms with Gasteiger partial charge in [0.25, 0.3) is 0 Å². The highest BCUT2D eigenvalue weighted by atomic mass is 31.2. The molecule has 0 saturated carbocycles. The van der Waals surface area contributed by atoms with Gasteiger partial charge in [-0.05, 0) is 20.8 Å². The maximum atomic E-state index is 10.5. The van der Waals surface area contributed by atoms with Crippen LogP contribution in [0.3, 0.4) is 0 Å². The van der Waals surface area contributed by atoms with Crippen molar-refractivity contribution in [3.8, 4) is 0 Å². The molecule has 55 valence electrons. The summed E-state index contributed by atoms with van der Waals surface area (Å²) < 4.78 is 9.05. The lowest BCUT2D eigenvalue weighted by atomic mass is 10.2. The molecule has 0 aliphatic heterocycles. The Labute approximate surface area is 55.9 Å². The molecular weight excluding hydrogens is 141 g/mol. The lowest BCUT2D eigenvalue weighted by Gasteiger charge is -2.11. The number of quaternary nitrogens is 1. The standard InChI is InChI=1S/C4H13NO3P/c1-4(2,3)7-9(6)8-5/h9H,1-3,5H3/q+2. The minimum atomic E-state index is -2.35. The molecular formula is C4H13NO3P+2. The number of hydrogen-bond donors (Lipinski definition) is 1. The molecule has 4 nitrogen and oxygen atoms in total. The molecule has 0 aromatic carbocycles. The molecule has 3 N–H and O–H groups in total. The van der Waals surface area contributed by atoms with Crippen LogP contribution >= 0.6 is 8.60 Å². The van der Waals surface area contributed by atoms with Gasteiger partial charge in [-0.3, -0.25) is 0 Å². The minimum absolute atomic E-state index is 0.409. The third-order valence-corrected chi connectivity index (χ3v) is 1.52. The Morgan fingerprint density at radius 3 is 2.00 bits per heavy atom. The summed E-state index contributed by atoms with van der Waals surface area (Å²) in [7, 11) is -2.35. The molecule has 0 amide bonds. The van der Waals surface area contributed by atoms with Gasteiger partial charge in [-0.25, -0.2) is 0 Å². The van der Waals surface area contributed by atoms with Crippen LogP contribution in [-0.4, -0.2) is 5.60 Å². The lowest BCUT2D eigenvalue weighted by molar-refractivity contribution is -0.641. The normalized spacial score (nSPS) is 15.7. The summed E-state index contributed by atoms with van der Waals surface area (Å²) in [6, 6.07) is 0. The van der Waals surface area contributed by atoms with E-state index in [1.165, 1.54) is 0 Å². The maximum absolute atomic E-state index is 10.5. The van der Waals surface area contributed by atoms with E-state index in [4.69, 9.17) is 4.52 Å². The van der Waals surface area contributed by atoms with E-state index in [9.17, 15) is 4.89 Å². The van der Waals surface area contributed by atoms with Crippen molar-refractivity contribution in [3.05, 3.63) is 0 Å². The molecule has 0 heterocycles. The molecule has 0 fully saturated rings. The molecule has 0 aliphatic carbocycles. The van der Waals surface area contributed by atoms with Crippen molar-refractivity contribution in [3.63, 3.8) is 0 Å². The van der Waals surface area contributed by atoms with Crippen LogP contribution in [0.25, 0.3) is 0 Å². The Kier molecular flexibility index (Phi) is 3.54. The molecule has 0 aromatic rings. The minimum Gasteiger partial charge on any atom is -0.168 e. The van der Waals surface area contributed by atoms with Gasteiger partial charge in [0.2, 0.25) is 0 Å². The van der Waals surface area contributed by atoms with Crippen molar-refractivity contribution in [1.29, 1.82) is 0 Å². The van der Waals surface area contributed by atoms with Crippen LogP contribution in [0, 0.1) is 0 Å². The Morgan fingerprint density at radius 2 is 1.89 bits per heavy atom. The van der Waals surface area contributed by atoms with Gasteiger partial charge in [-0.15, -0.1) is 0 Å². The Bertz CT molecular complexity index is 82.4. The molecule has 1 radical (unpaired) electrons. The van der Waals surface area contributed by atoms with Crippen molar-refractivity contribution in [2.24, 2.45) is 0 Å². The second-order valence-corrected chi connectivity index (χ2v) is 3.60. The fraction of sp³-hybridized carbons (Fsp3) is 1.00. The average molecular weight is 154 g/mol. The summed E-state index contributed by atoms with van der Waals surface area (Å²) in [4.78, 5) is 10.5. The zero-order chi connectivity index (χ0) is 7.49. The van der Waals surface area contributed by atoms with Crippen molar-refractivity contribution in [2.75, 3.05) is 0 Å². The summed E-state index contributed by atoms with van der Waals surface area (Å²) in [5, 5.41) is 0. The highest BCUT2D eigenvalue weighted by molar-refractivity contribution is 7.40. The molecule has 0 spiro atoms. The van der Waals surface area contributed by atoms with E-state index in [0.717, 1.165) is 0 Å². The van der Waals surface area contributed by atoms with Gasteiger partial charge in [-0.1, -0.05) is 0 Å². The molecule has 0 rings (SSSR count). The van der Waals surface area contributed by atoms with Gasteiger partial charge in [0.05, 0.1) is 0 Å². The smallest absolute Gasteiger partial charge is 0.168 e. The van der Waals surface area contributed by atoms with Gasteiger partial charge < -0.3 is 0 Å². The molecule has 0 bridgehead atoms. The van der Waals surface area contributed by atoms with Gasteiger partial charge >= 0.3 is 8.60 Å². The molecule has 0 saturated heterocycles. The summed E-state index contributed by atoms with van der Waals surface area (Å²) in [5.74, 6) is 2.98. The third-order valence-electron chi connectivity index (χ3n) is 0.507. The van der Waals surface area contributed by atoms with E-state index in [1.54, 1.807) is 20.8 Å². The average Bonchev–Trinajstić information content (AvgIpc) is 1.62. The Balaban J connectivity index is 3.47. The monoisotopic (exact) mass is 154 g/mol. The van der Waals surface area contributed by atoms with Crippen molar-refractivity contribution >= 4 is 8.60 Å². The zero-order valence-corrected chi connectivity index (χ0v) is 6.93. The van der Waals surface area contributed by atoms with E-state index in [2.05, 4.69) is 10.5 Å². The Morgan fingerprint density at radius 1 is 1.44 bits per heavy atom. The van der Waals surface area contributed by atoms with Crippen LogP contribution in [0.4, 0.5) is 0 Å². The van der Waals surface area contributed by atoms with E-state index < -0.39 is 14.2 Å². The van der Waals surface area contributed by atoms with Gasteiger partial charge in [0, 0.05) is 9.52 Å². The van der Waals surface area contributed by atoms with Crippen molar-refractivity contribution in [1.82, 2.24) is 0 Å². The first kappa shape index (κ1) is 9.27. The van der Waals surface area contributed by atoms with Crippen LogP contribution < -0.4 is 5.90 Å². The first-order chi connectivity index (χ1) is 3.95. The Hall–Kier alpha value is 0.270. The van der Waals surface area contributed by atoms with Crippen LogP contribution in [0.2, 0.25) is 0 Å². The predicted molar refractivity (Wildman–Crippen MR) is 33.8 cm³/mol. The largest absolute Gasteiger partial charge is 0.507 e. The summed E-state index contributed by atoms with van der Waals surface area (Å²) in [5.41, 5.74) is -0.409. The van der Waals surface area contributed by atoms with E-state index >= 15 is 0 Å². The number of hydrogen-bond acceptors (Lipinski definition) is 2. The molecule has 5 heteroatoms. The van der Waals surface area contributed by atoms with Crippen LogP contribution in [0.5, 0.6) is 0 Å². The third kappa shape index (κ3) is 6.15. The second kappa shape index (κ2) is 3.44. The lowest BCUT2D eigenvalue weighted by Crippen LogP contribution is -2.46. The van der Waals surface area contributed by atoms with Crippen LogP contribution in [-0.2, 0) is 14.0 Å². The highest BCUT2D eigenvalue weighted by Crippen LogP contribution is 2.36. The molecule has 9 heavy (non-hydrogen) atoms. The van der Waals surface area contributed by atoms with Crippen molar-refractivity contribution in [2.45, 2.75) is 26.4 Å². The highest BCUT2D eigenvalue weighted by Gasteiger charge is 2.28.